The van der Waals surface area contributed by atoms with E-state index in [1.807, 2.05) is 30.3 Å². The SMILES string of the molecule is CC#CC(=O)N1CCC(n2c(=O)n(-c3ccc(Oc4ccccc4)cc3)c3c(N)ncnc32)CC1. The number of benzene rings is 2. The van der Waals surface area contributed by atoms with Gasteiger partial charge in [0.1, 0.15) is 23.3 Å². The largest absolute Gasteiger partial charge is 0.457 e. The number of ether oxygens (including phenoxy) is 1. The maximum absolute atomic E-state index is 13.7. The number of carbonyl (C=O) groups is 1. The topological polar surface area (TPSA) is 108 Å². The number of nitrogens with two attached hydrogens (primary N) is 1. The molecule has 0 spiro atoms. The van der Waals surface area contributed by atoms with Crippen molar-refractivity contribution in [1.82, 2.24) is 24.0 Å². The van der Waals surface area contributed by atoms with Gasteiger partial charge in [-0.25, -0.2) is 14.8 Å². The Bertz CT molecular complexity index is 1490. The van der Waals surface area contributed by atoms with Crippen LogP contribution >= 0.6 is 0 Å². The highest BCUT2D eigenvalue weighted by molar-refractivity contribution is 5.93. The van der Waals surface area contributed by atoms with Crippen LogP contribution in [0.3, 0.4) is 0 Å². The van der Waals surface area contributed by atoms with Crippen LogP contribution in [0.1, 0.15) is 25.8 Å². The lowest BCUT2D eigenvalue weighted by Crippen LogP contribution is -2.40. The number of hydrogen-bond donors (Lipinski definition) is 1. The number of imidazole rings is 1. The summed E-state index contributed by atoms with van der Waals surface area (Å²) in [4.78, 5) is 36.1. The van der Waals surface area contributed by atoms with E-state index in [1.54, 1.807) is 40.7 Å². The number of rotatable bonds is 4. The van der Waals surface area contributed by atoms with Crippen LogP contribution in [0.15, 0.2) is 65.7 Å². The molecular weight excluding hydrogens is 444 g/mol. The number of fused-ring (bicyclic) bond motifs is 1. The molecule has 9 heteroatoms. The number of anilines is 1. The van der Waals surface area contributed by atoms with Gasteiger partial charge in [0.15, 0.2) is 11.5 Å². The Morgan fingerprint density at radius 2 is 1.71 bits per heavy atom. The molecule has 2 N–H and O–H groups in total. The fourth-order valence-corrected chi connectivity index (χ4v) is 4.44. The molecule has 0 radical (unpaired) electrons. The smallest absolute Gasteiger partial charge is 0.335 e. The van der Waals surface area contributed by atoms with E-state index in [9.17, 15) is 9.59 Å². The summed E-state index contributed by atoms with van der Waals surface area (Å²) in [5, 5.41) is 0. The van der Waals surface area contributed by atoms with E-state index in [0.717, 1.165) is 5.75 Å². The van der Waals surface area contributed by atoms with Crippen molar-refractivity contribution in [3.8, 4) is 29.0 Å². The average Bonchev–Trinajstić information content (AvgIpc) is 3.18. The highest BCUT2D eigenvalue weighted by atomic mass is 16.5. The van der Waals surface area contributed by atoms with E-state index in [1.165, 1.54) is 10.9 Å². The predicted molar refractivity (Wildman–Crippen MR) is 132 cm³/mol. The molecule has 0 bridgehead atoms. The Kier molecular flexibility index (Phi) is 5.94. The van der Waals surface area contributed by atoms with Crippen LogP contribution in [-0.4, -0.2) is 43.0 Å². The van der Waals surface area contributed by atoms with Crippen molar-refractivity contribution in [3.63, 3.8) is 0 Å². The van der Waals surface area contributed by atoms with Gasteiger partial charge >= 0.3 is 5.69 Å². The van der Waals surface area contributed by atoms with Gasteiger partial charge in [-0.2, -0.15) is 0 Å². The van der Waals surface area contributed by atoms with E-state index in [0.29, 0.717) is 48.5 Å². The summed E-state index contributed by atoms with van der Waals surface area (Å²) in [7, 11) is 0. The second-order valence-electron chi connectivity index (χ2n) is 8.23. The van der Waals surface area contributed by atoms with Gasteiger partial charge in [0.2, 0.25) is 0 Å². The number of piperidine rings is 1. The molecule has 0 unspecified atom stereocenters. The molecule has 1 aliphatic rings. The monoisotopic (exact) mass is 468 g/mol. The van der Waals surface area contributed by atoms with E-state index in [-0.39, 0.29) is 23.5 Å². The van der Waals surface area contributed by atoms with Gasteiger partial charge < -0.3 is 15.4 Å². The van der Waals surface area contributed by atoms with Gasteiger partial charge in [-0.3, -0.25) is 13.9 Å². The molecule has 3 heterocycles. The highest BCUT2D eigenvalue weighted by Gasteiger charge is 2.28. The van der Waals surface area contributed by atoms with E-state index >= 15 is 0 Å². The lowest BCUT2D eigenvalue weighted by molar-refractivity contribution is -0.126. The molecule has 2 aromatic carbocycles. The fraction of sp³-hybridized carbons (Fsp3) is 0.231. The molecule has 5 rings (SSSR count). The van der Waals surface area contributed by atoms with Crippen molar-refractivity contribution in [1.29, 1.82) is 0 Å². The molecule has 0 saturated carbocycles. The molecule has 2 aromatic heterocycles. The molecule has 0 aliphatic carbocycles. The lowest BCUT2D eigenvalue weighted by atomic mass is 10.0. The number of carbonyl (C=O) groups excluding carboxylic acids is 1. The van der Waals surface area contributed by atoms with Gasteiger partial charge in [-0.15, -0.1) is 0 Å². The summed E-state index contributed by atoms with van der Waals surface area (Å²) in [6.45, 7) is 2.68. The zero-order chi connectivity index (χ0) is 24.4. The van der Waals surface area contributed by atoms with Crippen molar-refractivity contribution in [2.24, 2.45) is 0 Å². The van der Waals surface area contributed by atoms with Crippen LogP contribution in [0.4, 0.5) is 5.82 Å². The first-order valence-corrected chi connectivity index (χ1v) is 11.3. The van der Waals surface area contributed by atoms with Gasteiger partial charge in [0, 0.05) is 19.1 Å². The van der Waals surface area contributed by atoms with Crippen molar-refractivity contribution < 1.29 is 9.53 Å². The fourth-order valence-electron chi connectivity index (χ4n) is 4.44. The van der Waals surface area contributed by atoms with E-state index in [4.69, 9.17) is 10.5 Å². The standard InChI is InChI=1S/C26H24N6O3/c1-2-6-22(33)30-15-13-19(14-16-30)32-25-23(24(27)28-17-29-25)31(26(32)34)18-9-11-21(12-10-18)35-20-7-4-3-5-8-20/h3-5,7-12,17,19H,13-16H2,1H3,(H2,27,28,29). The third-order valence-electron chi connectivity index (χ3n) is 6.10. The molecule has 1 saturated heterocycles. The van der Waals surface area contributed by atoms with E-state index < -0.39 is 0 Å². The minimum atomic E-state index is -0.248. The second-order valence-corrected chi connectivity index (χ2v) is 8.23. The molecule has 9 nitrogen and oxygen atoms in total. The summed E-state index contributed by atoms with van der Waals surface area (Å²) in [5.74, 6) is 6.63. The maximum atomic E-state index is 13.7. The van der Waals surface area contributed by atoms with Gasteiger partial charge in [0.05, 0.1) is 5.69 Å². The summed E-state index contributed by atoms with van der Waals surface area (Å²) in [5.41, 5.74) is 7.54. The van der Waals surface area contributed by atoms with E-state index in [2.05, 4.69) is 21.8 Å². The van der Waals surface area contributed by atoms with Gasteiger partial charge in [0.25, 0.3) is 5.91 Å². The van der Waals surface area contributed by atoms with Gasteiger partial charge in [-0.1, -0.05) is 24.1 Å². The average molecular weight is 469 g/mol. The Morgan fingerprint density at radius 1 is 1.03 bits per heavy atom. The normalized spacial score (nSPS) is 13.9. The number of nitrogens with zero attached hydrogens (tertiary/aromatic N) is 5. The third-order valence-corrected chi connectivity index (χ3v) is 6.10. The zero-order valence-electron chi connectivity index (χ0n) is 19.2. The molecular formula is C26H24N6O3. The first kappa shape index (κ1) is 22.2. The van der Waals surface area contributed by atoms with Crippen LogP contribution in [-0.2, 0) is 4.79 Å². The molecule has 1 fully saturated rings. The van der Waals surface area contributed by atoms with Crippen molar-refractivity contribution >= 4 is 22.9 Å². The van der Waals surface area contributed by atoms with Crippen LogP contribution < -0.4 is 16.2 Å². The Balaban J connectivity index is 1.49. The first-order chi connectivity index (χ1) is 17.1. The Morgan fingerprint density at radius 3 is 2.40 bits per heavy atom. The van der Waals surface area contributed by atoms with Crippen molar-refractivity contribution in [3.05, 3.63) is 71.4 Å². The van der Waals surface area contributed by atoms with Crippen LogP contribution in [0.5, 0.6) is 11.5 Å². The summed E-state index contributed by atoms with van der Waals surface area (Å²) < 4.78 is 9.09. The van der Waals surface area contributed by atoms with Crippen LogP contribution in [0, 0.1) is 11.8 Å². The molecule has 35 heavy (non-hydrogen) atoms. The maximum Gasteiger partial charge on any atom is 0.335 e. The Hall–Kier alpha value is -4.58. The number of aromatic nitrogens is 4. The quantitative estimate of drug-likeness (QED) is 0.461. The summed E-state index contributed by atoms with van der Waals surface area (Å²) in [6, 6.07) is 16.6. The molecule has 176 valence electrons. The number of amides is 1. The lowest BCUT2D eigenvalue weighted by Gasteiger charge is -2.31. The predicted octanol–water partition coefficient (Wildman–Crippen LogP) is 3.14. The van der Waals surface area contributed by atoms with Crippen LogP contribution in [0.25, 0.3) is 16.9 Å². The minimum absolute atomic E-state index is 0.125. The molecule has 4 aromatic rings. The molecule has 0 atom stereocenters. The third kappa shape index (κ3) is 4.22. The summed E-state index contributed by atoms with van der Waals surface area (Å²) >= 11 is 0. The van der Waals surface area contributed by atoms with Crippen LogP contribution in [0.2, 0.25) is 0 Å². The minimum Gasteiger partial charge on any atom is -0.457 e. The second kappa shape index (κ2) is 9.35. The number of nitrogen functional groups attached to an aromatic ring is 1. The molecule has 1 aliphatic heterocycles. The first-order valence-electron chi connectivity index (χ1n) is 11.3. The zero-order valence-corrected chi connectivity index (χ0v) is 19.2. The number of hydrogen-bond acceptors (Lipinski definition) is 6. The van der Waals surface area contributed by atoms with Gasteiger partial charge in [-0.05, 0) is 62.1 Å². The molecule has 1 amide bonds. The number of para-hydroxylation sites is 1. The Labute approximate surface area is 201 Å². The highest BCUT2D eigenvalue weighted by Crippen LogP contribution is 2.29. The van der Waals surface area contributed by atoms with Crippen molar-refractivity contribution in [2.45, 2.75) is 25.8 Å². The van der Waals surface area contributed by atoms with Crippen molar-refractivity contribution in [2.75, 3.05) is 18.8 Å². The number of likely N-dealkylation sites (tertiary alicyclic amines) is 1. The summed E-state index contributed by atoms with van der Waals surface area (Å²) in [6.07, 6.45) is 2.60.